The van der Waals surface area contributed by atoms with Crippen LogP contribution in [0, 0.1) is 6.92 Å². The molecule has 0 aliphatic rings. The largest absolute Gasteiger partial charge is 0.383 e. The van der Waals surface area contributed by atoms with E-state index in [9.17, 15) is 0 Å². The topological polar surface area (TPSA) is 64.9 Å². The fourth-order valence-electron chi connectivity index (χ4n) is 1.74. The van der Waals surface area contributed by atoms with Gasteiger partial charge in [-0.1, -0.05) is 17.7 Å². The standard InChI is InChI=1S/C13H13BrClN3/c1-7-4-9(13(17)18-6-7)12(16)8-2-3-11(15)10(14)5-8/h2-6,12H,16H2,1H3,(H2,17,18). The highest BCUT2D eigenvalue weighted by Crippen LogP contribution is 2.29. The van der Waals surface area contributed by atoms with E-state index in [4.69, 9.17) is 23.1 Å². The normalized spacial score (nSPS) is 12.4. The SMILES string of the molecule is Cc1cnc(N)c(C(N)c2ccc(Cl)c(Br)c2)c1. The van der Waals surface area contributed by atoms with E-state index in [-0.39, 0.29) is 6.04 Å². The number of nitrogens with zero attached hydrogens (tertiary/aromatic N) is 1. The smallest absolute Gasteiger partial charge is 0.128 e. The van der Waals surface area contributed by atoms with Crippen LogP contribution in [0.15, 0.2) is 34.9 Å². The first-order chi connectivity index (χ1) is 8.49. The van der Waals surface area contributed by atoms with Gasteiger partial charge in [0, 0.05) is 16.2 Å². The van der Waals surface area contributed by atoms with Gasteiger partial charge in [-0.2, -0.15) is 0 Å². The first-order valence-corrected chi connectivity index (χ1v) is 6.58. The Morgan fingerprint density at radius 2 is 2.06 bits per heavy atom. The molecule has 0 fully saturated rings. The summed E-state index contributed by atoms with van der Waals surface area (Å²) in [4.78, 5) is 4.13. The molecule has 0 bridgehead atoms. The summed E-state index contributed by atoms with van der Waals surface area (Å²) in [5.41, 5.74) is 14.9. The Kier molecular flexibility index (Phi) is 3.90. The van der Waals surface area contributed by atoms with Gasteiger partial charge in [-0.3, -0.25) is 0 Å². The Morgan fingerprint density at radius 1 is 1.33 bits per heavy atom. The number of rotatable bonds is 2. The number of anilines is 1. The highest BCUT2D eigenvalue weighted by Gasteiger charge is 2.14. The molecule has 0 saturated carbocycles. The molecule has 1 unspecified atom stereocenters. The number of hydrogen-bond acceptors (Lipinski definition) is 3. The third-order valence-corrected chi connectivity index (χ3v) is 3.94. The van der Waals surface area contributed by atoms with Gasteiger partial charge in [-0.25, -0.2) is 4.98 Å². The molecule has 0 radical (unpaired) electrons. The molecule has 0 amide bonds. The number of nitrogen functional groups attached to an aromatic ring is 1. The highest BCUT2D eigenvalue weighted by molar-refractivity contribution is 9.10. The van der Waals surface area contributed by atoms with Gasteiger partial charge < -0.3 is 11.5 Å². The van der Waals surface area contributed by atoms with E-state index in [0.717, 1.165) is 21.2 Å². The maximum absolute atomic E-state index is 6.22. The molecule has 1 atom stereocenters. The Bertz CT molecular complexity index is 586. The van der Waals surface area contributed by atoms with E-state index in [1.807, 2.05) is 25.1 Å². The zero-order chi connectivity index (χ0) is 13.3. The summed E-state index contributed by atoms with van der Waals surface area (Å²) in [6.07, 6.45) is 1.73. The van der Waals surface area contributed by atoms with Crippen molar-refractivity contribution in [1.29, 1.82) is 0 Å². The minimum absolute atomic E-state index is 0.314. The lowest BCUT2D eigenvalue weighted by Gasteiger charge is -2.15. The van der Waals surface area contributed by atoms with Crippen LogP contribution in [0.3, 0.4) is 0 Å². The van der Waals surface area contributed by atoms with E-state index < -0.39 is 0 Å². The summed E-state index contributed by atoms with van der Waals surface area (Å²) < 4.78 is 0.816. The molecule has 0 aliphatic heterocycles. The summed E-state index contributed by atoms with van der Waals surface area (Å²) in [5, 5.41) is 0.654. The van der Waals surface area contributed by atoms with Gasteiger partial charge in [0.1, 0.15) is 5.82 Å². The first-order valence-electron chi connectivity index (χ1n) is 5.41. The lowest BCUT2D eigenvalue weighted by atomic mass is 9.99. The highest BCUT2D eigenvalue weighted by atomic mass is 79.9. The second-order valence-corrected chi connectivity index (χ2v) is 5.40. The van der Waals surface area contributed by atoms with Gasteiger partial charge in [-0.05, 0) is 52.2 Å². The molecule has 5 heteroatoms. The Hall–Kier alpha value is -1.10. The van der Waals surface area contributed by atoms with Crippen molar-refractivity contribution in [3.63, 3.8) is 0 Å². The zero-order valence-corrected chi connectivity index (χ0v) is 12.2. The van der Waals surface area contributed by atoms with Crippen molar-refractivity contribution in [3.8, 4) is 0 Å². The molecule has 0 saturated heterocycles. The van der Waals surface area contributed by atoms with Crippen LogP contribution in [0.2, 0.25) is 5.02 Å². The molecule has 2 aromatic rings. The van der Waals surface area contributed by atoms with Crippen LogP contribution < -0.4 is 11.5 Å². The second-order valence-electron chi connectivity index (χ2n) is 4.14. The van der Waals surface area contributed by atoms with Crippen LogP contribution in [0.5, 0.6) is 0 Å². The lowest BCUT2D eigenvalue weighted by Crippen LogP contribution is -2.15. The number of halogens is 2. The minimum atomic E-state index is -0.314. The molecule has 4 N–H and O–H groups in total. The van der Waals surface area contributed by atoms with Crippen molar-refractivity contribution in [2.75, 3.05) is 5.73 Å². The summed E-state index contributed by atoms with van der Waals surface area (Å²) >= 11 is 9.35. The first kappa shape index (κ1) is 13.3. The fraction of sp³-hybridized carbons (Fsp3) is 0.154. The minimum Gasteiger partial charge on any atom is -0.383 e. The van der Waals surface area contributed by atoms with Crippen LogP contribution in [0.1, 0.15) is 22.7 Å². The summed E-state index contributed by atoms with van der Waals surface area (Å²) in [6.45, 7) is 1.96. The maximum Gasteiger partial charge on any atom is 0.128 e. The van der Waals surface area contributed by atoms with E-state index in [1.165, 1.54) is 0 Å². The van der Waals surface area contributed by atoms with E-state index in [0.29, 0.717) is 10.8 Å². The van der Waals surface area contributed by atoms with Crippen LogP contribution in [0.4, 0.5) is 5.82 Å². The molecule has 0 spiro atoms. The predicted molar refractivity (Wildman–Crippen MR) is 78.6 cm³/mol. The number of pyridine rings is 1. The van der Waals surface area contributed by atoms with Gasteiger partial charge >= 0.3 is 0 Å². The van der Waals surface area contributed by atoms with Crippen LogP contribution in [-0.4, -0.2) is 4.98 Å². The number of hydrogen-bond donors (Lipinski definition) is 2. The molecule has 3 nitrogen and oxygen atoms in total. The average molecular weight is 327 g/mol. The van der Waals surface area contributed by atoms with Gasteiger partial charge in [0.2, 0.25) is 0 Å². The molecule has 94 valence electrons. The number of aromatic nitrogens is 1. The lowest BCUT2D eigenvalue weighted by molar-refractivity contribution is 0.864. The van der Waals surface area contributed by atoms with Gasteiger partial charge in [-0.15, -0.1) is 0 Å². The van der Waals surface area contributed by atoms with Crippen molar-refractivity contribution in [2.24, 2.45) is 5.73 Å². The Balaban J connectivity index is 2.44. The number of nitrogens with two attached hydrogens (primary N) is 2. The van der Waals surface area contributed by atoms with Crippen LogP contribution in [0.25, 0.3) is 0 Å². The molecule has 2 rings (SSSR count). The fourth-order valence-corrected chi connectivity index (χ4v) is 2.25. The van der Waals surface area contributed by atoms with Crippen LogP contribution >= 0.6 is 27.5 Å². The third kappa shape index (κ3) is 2.66. The summed E-state index contributed by atoms with van der Waals surface area (Å²) in [6, 6.07) is 7.23. The van der Waals surface area contributed by atoms with E-state index in [2.05, 4.69) is 20.9 Å². The van der Waals surface area contributed by atoms with Crippen molar-refractivity contribution in [2.45, 2.75) is 13.0 Å². The molecule has 1 aromatic heterocycles. The van der Waals surface area contributed by atoms with Gasteiger partial charge in [0.05, 0.1) is 11.1 Å². The van der Waals surface area contributed by atoms with Crippen molar-refractivity contribution < 1.29 is 0 Å². The average Bonchev–Trinajstić information content (AvgIpc) is 2.35. The quantitative estimate of drug-likeness (QED) is 0.888. The van der Waals surface area contributed by atoms with Gasteiger partial charge in [0.25, 0.3) is 0 Å². The zero-order valence-electron chi connectivity index (χ0n) is 9.82. The summed E-state index contributed by atoms with van der Waals surface area (Å²) in [7, 11) is 0. The molecular weight excluding hydrogens is 314 g/mol. The molecule has 1 heterocycles. The van der Waals surface area contributed by atoms with Crippen molar-refractivity contribution >= 4 is 33.3 Å². The van der Waals surface area contributed by atoms with Gasteiger partial charge in [0.15, 0.2) is 0 Å². The monoisotopic (exact) mass is 325 g/mol. The third-order valence-electron chi connectivity index (χ3n) is 2.72. The molecule has 1 aromatic carbocycles. The Labute approximate surface area is 119 Å². The van der Waals surface area contributed by atoms with Crippen LogP contribution in [-0.2, 0) is 0 Å². The number of benzene rings is 1. The van der Waals surface area contributed by atoms with E-state index in [1.54, 1.807) is 12.3 Å². The Morgan fingerprint density at radius 3 is 2.72 bits per heavy atom. The maximum atomic E-state index is 6.22. The molecule has 0 aliphatic carbocycles. The molecular formula is C13H13BrClN3. The second kappa shape index (κ2) is 5.26. The van der Waals surface area contributed by atoms with E-state index >= 15 is 0 Å². The molecule has 18 heavy (non-hydrogen) atoms. The van der Waals surface area contributed by atoms with Crippen molar-refractivity contribution in [3.05, 3.63) is 56.6 Å². The predicted octanol–water partition coefficient (Wildman–Crippen LogP) is 3.44. The van der Waals surface area contributed by atoms with Crippen molar-refractivity contribution in [1.82, 2.24) is 4.98 Å². The summed E-state index contributed by atoms with van der Waals surface area (Å²) in [5.74, 6) is 0.458. The number of aryl methyl sites for hydroxylation is 1.